The second kappa shape index (κ2) is 8.21. The molecule has 3 heterocycles. The van der Waals surface area contributed by atoms with Crippen LogP contribution in [0.15, 0.2) is 35.5 Å². The Bertz CT molecular complexity index is 1150. The van der Waals surface area contributed by atoms with Crippen molar-refractivity contribution in [2.45, 2.75) is 25.2 Å². The third kappa shape index (κ3) is 4.57. The van der Waals surface area contributed by atoms with Gasteiger partial charge in [0.05, 0.1) is 17.9 Å². The highest BCUT2D eigenvalue weighted by Gasteiger charge is 2.24. The Morgan fingerprint density at radius 3 is 2.66 bits per heavy atom. The molecule has 0 aromatic carbocycles. The first kappa shape index (κ1) is 20.8. The van der Waals surface area contributed by atoms with Crippen LogP contribution < -0.4 is 9.46 Å². The monoisotopic (exact) mass is 438 g/mol. The number of amides is 1. The zero-order valence-corrected chi connectivity index (χ0v) is 17.5. The van der Waals surface area contributed by atoms with Gasteiger partial charge in [-0.2, -0.15) is 5.10 Å². The molecule has 1 amide bonds. The Balaban J connectivity index is 1.80. The molecule has 0 aliphatic carbocycles. The SMILES string of the molecule is CCCOc1ccn(-c2ccc(C(=O)NS(=O)(=O)c3cn(C)nc3C)c(Cl)n2)n1. The summed E-state index contributed by atoms with van der Waals surface area (Å²) >= 11 is 6.12. The maximum atomic E-state index is 12.5. The van der Waals surface area contributed by atoms with Crippen LogP contribution in [0.5, 0.6) is 5.88 Å². The minimum Gasteiger partial charge on any atom is -0.477 e. The number of rotatable bonds is 7. The Kier molecular flexibility index (Phi) is 5.89. The predicted octanol–water partition coefficient (Wildman–Crippen LogP) is 1.87. The van der Waals surface area contributed by atoms with E-state index in [1.165, 1.54) is 34.6 Å². The van der Waals surface area contributed by atoms with E-state index in [0.29, 0.717) is 18.3 Å². The molecule has 0 atom stereocenters. The maximum Gasteiger partial charge on any atom is 0.268 e. The van der Waals surface area contributed by atoms with Gasteiger partial charge in [0.1, 0.15) is 10.0 Å². The van der Waals surface area contributed by atoms with E-state index in [0.717, 1.165) is 6.42 Å². The van der Waals surface area contributed by atoms with E-state index in [-0.39, 0.29) is 21.3 Å². The molecule has 0 bridgehead atoms. The highest BCUT2D eigenvalue weighted by atomic mass is 35.5. The summed E-state index contributed by atoms with van der Waals surface area (Å²) in [6, 6.07) is 4.55. The van der Waals surface area contributed by atoms with Gasteiger partial charge in [0.15, 0.2) is 5.82 Å². The minimum atomic E-state index is -4.11. The number of aryl methyl sites for hydroxylation is 2. The molecule has 154 valence electrons. The van der Waals surface area contributed by atoms with Crippen molar-refractivity contribution in [1.29, 1.82) is 0 Å². The zero-order valence-electron chi connectivity index (χ0n) is 16.0. The summed E-state index contributed by atoms with van der Waals surface area (Å²) in [5.41, 5.74) is 0.183. The molecule has 0 radical (unpaired) electrons. The van der Waals surface area contributed by atoms with Crippen LogP contribution in [0.2, 0.25) is 5.15 Å². The topological polar surface area (TPSA) is 121 Å². The van der Waals surface area contributed by atoms with E-state index in [1.54, 1.807) is 19.3 Å². The largest absolute Gasteiger partial charge is 0.477 e. The Hall–Kier alpha value is -2.92. The number of nitrogens with zero attached hydrogens (tertiary/aromatic N) is 5. The number of ether oxygens (including phenoxy) is 1. The van der Waals surface area contributed by atoms with Gasteiger partial charge in [-0.1, -0.05) is 18.5 Å². The minimum absolute atomic E-state index is 0.0878. The number of sulfonamides is 1. The van der Waals surface area contributed by atoms with Crippen LogP contribution in [0.4, 0.5) is 0 Å². The molecule has 12 heteroatoms. The molecule has 0 fully saturated rings. The van der Waals surface area contributed by atoms with Crippen LogP contribution in [0, 0.1) is 6.92 Å². The number of hydrogen-bond acceptors (Lipinski definition) is 7. The fraction of sp³-hybridized carbons (Fsp3) is 0.294. The lowest BCUT2D eigenvalue weighted by atomic mass is 10.3. The van der Waals surface area contributed by atoms with Crippen LogP contribution >= 0.6 is 11.6 Å². The first-order valence-corrected chi connectivity index (χ1v) is 10.5. The highest BCUT2D eigenvalue weighted by molar-refractivity contribution is 7.90. The molecule has 3 aromatic rings. The molecule has 0 unspecified atom stereocenters. The van der Waals surface area contributed by atoms with Gasteiger partial charge in [-0.05, 0) is 25.5 Å². The van der Waals surface area contributed by atoms with Crippen molar-refractivity contribution in [2.75, 3.05) is 6.61 Å². The summed E-state index contributed by atoms with van der Waals surface area (Å²) in [6.45, 7) is 4.05. The highest BCUT2D eigenvalue weighted by Crippen LogP contribution is 2.19. The van der Waals surface area contributed by atoms with Crippen molar-refractivity contribution in [3.8, 4) is 11.7 Å². The van der Waals surface area contributed by atoms with E-state index in [2.05, 4.69) is 15.2 Å². The van der Waals surface area contributed by atoms with Gasteiger partial charge in [0.2, 0.25) is 5.88 Å². The van der Waals surface area contributed by atoms with Crippen LogP contribution in [-0.2, 0) is 17.1 Å². The smallest absolute Gasteiger partial charge is 0.268 e. The van der Waals surface area contributed by atoms with Crippen molar-refractivity contribution in [1.82, 2.24) is 29.3 Å². The quantitative estimate of drug-likeness (QED) is 0.559. The number of carbonyl (C=O) groups is 1. The molecule has 10 nitrogen and oxygen atoms in total. The van der Waals surface area contributed by atoms with Gasteiger partial charge in [0.25, 0.3) is 15.9 Å². The van der Waals surface area contributed by atoms with E-state index < -0.39 is 15.9 Å². The van der Waals surface area contributed by atoms with E-state index in [9.17, 15) is 13.2 Å². The fourth-order valence-electron chi connectivity index (χ4n) is 2.51. The molecule has 0 saturated carbocycles. The molecule has 1 N–H and O–H groups in total. The summed E-state index contributed by atoms with van der Waals surface area (Å²) in [5, 5.41) is 8.02. The summed E-state index contributed by atoms with van der Waals surface area (Å²) in [6.07, 6.45) is 3.80. The van der Waals surface area contributed by atoms with E-state index >= 15 is 0 Å². The lowest BCUT2D eigenvalue weighted by Crippen LogP contribution is -2.31. The van der Waals surface area contributed by atoms with Crippen LogP contribution in [0.3, 0.4) is 0 Å². The molecule has 0 aliphatic rings. The maximum absolute atomic E-state index is 12.5. The normalized spacial score (nSPS) is 11.4. The van der Waals surface area contributed by atoms with Crippen molar-refractivity contribution in [3.05, 3.63) is 47.0 Å². The third-order valence-corrected chi connectivity index (χ3v) is 5.54. The van der Waals surface area contributed by atoms with E-state index in [1.807, 2.05) is 11.6 Å². The molecular weight excluding hydrogens is 420 g/mol. The van der Waals surface area contributed by atoms with Gasteiger partial charge >= 0.3 is 0 Å². The van der Waals surface area contributed by atoms with Crippen LogP contribution in [0.25, 0.3) is 5.82 Å². The van der Waals surface area contributed by atoms with Crippen molar-refractivity contribution in [2.24, 2.45) is 7.05 Å². The van der Waals surface area contributed by atoms with Crippen molar-refractivity contribution in [3.63, 3.8) is 0 Å². The van der Waals surface area contributed by atoms with Gasteiger partial charge in [-0.15, -0.1) is 5.10 Å². The van der Waals surface area contributed by atoms with Crippen LogP contribution in [0.1, 0.15) is 29.4 Å². The molecule has 3 aromatic heterocycles. The molecule has 0 spiro atoms. The molecule has 0 aliphatic heterocycles. The number of hydrogen-bond donors (Lipinski definition) is 1. The number of aromatic nitrogens is 5. The summed E-state index contributed by atoms with van der Waals surface area (Å²) in [5.74, 6) is -0.113. The molecule has 3 rings (SSSR count). The second-order valence-corrected chi connectivity index (χ2v) is 8.15. The van der Waals surface area contributed by atoms with Gasteiger partial charge in [-0.25, -0.2) is 22.8 Å². The number of halogens is 1. The summed E-state index contributed by atoms with van der Waals surface area (Å²) in [4.78, 5) is 16.5. The van der Waals surface area contributed by atoms with Gasteiger partial charge in [0, 0.05) is 25.5 Å². The van der Waals surface area contributed by atoms with Gasteiger partial charge in [-0.3, -0.25) is 9.48 Å². The summed E-state index contributed by atoms with van der Waals surface area (Å²) in [7, 11) is -2.52. The first-order chi connectivity index (χ1) is 13.7. The summed E-state index contributed by atoms with van der Waals surface area (Å²) < 4.78 is 35.1. The first-order valence-electron chi connectivity index (χ1n) is 8.64. The fourth-order valence-corrected chi connectivity index (χ4v) is 3.93. The Labute approximate surface area is 172 Å². The predicted molar refractivity (Wildman–Crippen MR) is 105 cm³/mol. The number of nitrogens with one attached hydrogen (secondary N) is 1. The number of pyridine rings is 1. The van der Waals surface area contributed by atoms with E-state index in [4.69, 9.17) is 16.3 Å². The molecule has 29 heavy (non-hydrogen) atoms. The number of carbonyl (C=O) groups excluding carboxylic acids is 1. The van der Waals surface area contributed by atoms with Crippen LogP contribution in [-0.4, -0.2) is 45.5 Å². The van der Waals surface area contributed by atoms with Crippen molar-refractivity contribution < 1.29 is 17.9 Å². The average molecular weight is 439 g/mol. The molecule has 0 saturated heterocycles. The zero-order chi connectivity index (χ0) is 21.2. The lowest BCUT2D eigenvalue weighted by Gasteiger charge is -2.08. The second-order valence-electron chi connectivity index (χ2n) is 6.14. The lowest BCUT2D eigenvalue weighted by molar-refractivity contribution is 0.0981. The average Bonchev–Trinajstić information content (AvgIpc) is 3.25. The third-order valence-electron chi connectivity index (χ3n) is 3.82. The molecular formula is C17H19ClN6O4S. The Morgan fingerprint density at radius 1 is 1.28 bits per heavy atom. The van der Waals surface area contributed by atoms with Crippen molar-refractivity contribution >= 4 is 27.5 Å². The standard InChI is InChI=1S/C17H19ClN6O4S/c1-4-9-28-15-7-8-24(21-15)14-6-5-12(16(18)19-14)17(25)22-29(26,27)13-10-23(3)20-11(13)2/h5-8,10H,4,9H2,1-3H3,(H,22,25). The Morgan fingerprint density at radius 2 is 2.03 bits per heavy atom. The van der Waals surface area contributed by atoms with Gasteiger partial charge < -0.3 is 4.74 Å².